The minimum Gasteiger partial charge on any atom is -0.309 e. The van der Waals surface area contributed by atoms with Crippen molar-refractivity contribution in [1.29, 1.82) is 0 Å². The SMILES string of the molecule is c1ccc2cc(-c3ccc(N(c4ccc(-c5ccc6ccccc6c5)cc4)c4cccc5c4sc4cccnc45)cc3)ccc2c1. The molecule has 2 heterocycles. The number of hydrogen-bond donors (Lipinski definition) is 0. The maximum absolute atomic E-state index is 4.74. The van der Waals surface area contributed by atoms with Gasteiger partial charge in [0.15, 0.2) is 0 Å². The van der Waals surface area contributed by atoms with Gasteiger partial charge in [-0.2, -0.15) is 0 Å². The number of hydrogen-bond acceptors (Lipinski definition) is 3. The molecule has 7 aromatic carbocycles. The van der Waals surface area contributed by atoms with Gasteiger partial charge >= 0.3 is 0 Å². The first-order chi connectivity index (χ1) is 22.8. The van der Waals surface area contributed by atoms with Gasteiger partial charge in [0.2, 0.25) is 0 Å². The van der Waals surface area contributed by atoms with Crippen molar-refractivity contribution in [3.8, 4) is 22.3 Å². The van der Waals surface area contributed by atoms with Crippen LogP contribution in [0.25, 0.3) is 64.1 Å². The smallest absolute Gasteiger partial charge is 0.0889 e. The number of aromatic nitrogens is 1. The summed E-state index contributed by atoms with van der Waals surface area (Å²) >= 11 is 1.80. The Hall–Kier alpha value is -5.77. The fourth-order valence-corrected chi connectivity index (χ4v) is 7.72. The lowest BCUT2D eigenvalue weighted by Crippen LogP contribution is -2.10. The zero-order valence-corrected chi connectivity index (χ0v) is 25.8. The first-order valence-electron chi connectivity index (χ1n) is 15.5. The molecular formula is C43H28N2S. The Bertz CT molecular complexity index is 2410. The average molecular weight is 605 g/mol. The highest BCUT2D eigenvalue weighted by molar-refractivity contribution is 7.26. The summed E-state index contributed by atoms with van der Waals surface area (Å²) in [4.78, 5) is 7.12. The monoisotopic (exact) mass is 604 g/mol. The normalized spacial score (nSPS) is 11.5. The van der Waals surface area contributed by atoms with Crippen LogP contribution in [0.5, 0.6) is 0 Å². The molecule has 9 aromatic rings. The molecule has 0 aliphatic rings. The summed E-state index contributed by atoms with van der Waals surface area (Å²) in [5.41, 5.74) is 9.26. The second-order valence-corrected chi connectivity index (χ2v) is 12.7. The zero-order valence-electron chi connectivity index (χ0n) is 25.0. The number of pyridine rings is 1. The van der Waals surface area contributed by atoms with Gasteiger partial charge in [0.1, 0.15) is 0 Å². The van der Waals surface area contributed by atoms with E-state index in [1.54, 1.807) is 11.3 Å². The third-order valence-electron chi connectivity index (χ3n) is 8.89. The summed E-state index contributed by atoms with van der Waals surface area (Å²) in [7, 11) is 0. The van der Waals surface area contributed by atoms with Crippen LogP contribution in [0, 0.1) is 0 Å². The van der Waals surface area contributed by atoms with Crippen molar-refractivity contribution < 1.29 is 0 Å². The molecule has 0 bridgehead atoms. The van der Waals surface area contributed by atoms with E-state index in [0.29, 0.717) is 0 Å². The van der Waals surface area contributed by atoms with Crippen molar-refractivity contribution in [2.24, 2.45) is 0 Å². The Morgan fingerprint density at radius 2 is 0.978 bits per heavy atom. The van der Waals surface area contributed by atoms with Crippen molar-refractivity contribution in [2.45, 2.75) is 0 Å². The van der Waals surface area contributed by atoms with Crippen molar-refractivity contribution in [1.82, 2.24) is 4.98 Å². The fraction of sp³-hybridized carbons (Fsp3) is 0. The highest BCUT2D eigenvalue weighted by Gasteiger charge is 2.19. The number of rotatable bonds is 5. The molecule has 2 aromatic heterocycles. The van der Waals surface area contributed by atoms with Crippen molar-refractivity contribution in [3.05, 3.63) is 170 Å². The summed E-state index contributed by atoms with van der Waals surface area (Å²) in [5.74, 6) is 0. The van der Waals surface area contributed by atoms with Crippen LogP contribution in [0.1, 0.15) is 0 Å². The van der Waals surface area contributed by atoms with Crippen LogP contribution in [0.2, 0.25) is 0 Å². The van der Waals surface area contributed by atoms with Gasteiger partial charge in [0, 0.05) is 23.0 Å². The van der Waals surface area contributed by atoms with E-state index in [2.05, 4.69) is 163 Å². The summed E-state index contributed by atoms with van der Waals surface area (Å²) < 4.78 is 2.43. The van der Waals surface area contributed by atoms with E-state index in [1.807, 2.05) is 12.3 Å². The Kier molecular flexibility index (Phi) is 6.36. The summed E-state index contributed by atoms with van der Waals surface area (Å²) in [5, 5.41) is 6.20. The lowest BCUT2D eigenvalue weighted by Gasteiger charge is -2.26. The number of thiophene rings is 1. The third kappa shape index (κ3) is 4.61. The van der Waals surface area contributed by atoms with Crippen LogP contribution in [0.15, 0.2) is 170 Å². The molecule has 0 N–H and O–H groups in total. The third-order valence-corrected chi connectivity index (χ3v) is 10.1. The first kappa shape index (κ1) is 26.6. The topological polar surface area (TPSA) is 16.1 Å². The van der Waals surface area contributed by atoms with E-state index in [9.17, 15) is 0 Å². The molecule has 0 saturated carbocycles. The Morgan fingerprint density at radius 3 is 1.57 bits per heavy atom. The number of nitrogens with zero attached hydrogens (tertiary/aromatic N) is 2. The van der Waals surface area contributed by atoms with Gasteiger partial charge in [0.05, 0.1) is 20.6 Å². The molecule has 0 atom stereocenters. The van der Waals surface area contributed by atoms with Crippen LogP contribution >= 0.6 is 11.3 Å². The van der Waals surface area contributed by atoms with Gasteiger partial charge in [-0.25, -0.2) is 0 Å². The number of benzene rings is 7. The molecule has 0 aliphatic carbocycles. The van der Waals surface area contributed by atoms with Crippen LogP contribution in [0.3, 0.4) is 0 Å². The molecule has 0 unspecified atom stereocenters. The van der Waals surface area contributed by atoms with E-state index in [4.69, 9.17) is 4.98 Å². The first-order valence-corrected chi connectivity index (χ1v) is 16.4. The van der Waals surface area contributed by atoms with E-state index in [1.165, 1.54) is 58.6 Å². The molecule has 3 heteroatoms. The standard InChI is InChI=1S/C43H28N2S/c1-3-9-33-27-35(16-14-29(33)7-1)31-18-22-37(23-19-31)45(40-12-5-11-39-42-41(46-43(39)40)13-6-26-44-42)38-24-20-32(21-25-38)36-17-15-30-8-2-4-10-34(30)28-36/h1-28H. The maximum Gasteiger partial charge on any atom is 0.0889 e. The predicted octanol–water partition coefficient (Wildman–Crippen LogP) is 12.6. The fourth-order valence-electron chi connectivity index (χ4n) is 6.55. The summed E-state index contributed by atoms with van der Waals surface area (Å²) in [6.07, 6.45) is 1.88. The van der Waals surface area contributed by atoms with Crippen molar-refractivity contribution in [2.75, 3.05) is 4.90 Å². The van der Waals surface area contributed by atoms with Gasteiger partial charge in [-0.1, -0.05) is 109 Å². The quantitative estimate of drug-likeness (QED) is 0.194. The minimum atomic E-state index is 1.06. The largest absolute Gasteiger partial charge is 0.309 e. The van der Waals surface area contributed by atoms with Crippen LogP contribution in [-0.2, 0) is 0 Å². The zero-order chi connectivity index (χ0) is 30.5. The average Bonchev–Trinajstić information content (AvgIpc) is 3.51. The van der Waals surface area contributed by atoms with Crippen LogP contribution in [0.4, 0.5) is 17.1 Å². The van der Waals surface area contributed by atoms with Gasteiger partial charge < -0.3 is 4.90 Å². The summed E-state index contributed by atoms with van der Waals surface area (Å²) in [6.45, 7) is 0. The predicted molar refractivity (Wildman–Crippen MR) is 198 cm³/mol. The Balaban J connectivity index is 1.16. The molecule has 216 valence electrons. The number of fused-ring (bicyclic) bond motifs is 5. The van der Waals surface area contributed by atoms with Gasteiger partial charge in [-0.15, -0.1) is 11.3 Å². The molecule has 0 aliphatic heterocycles. The molecule has 0 saturated heterocycles. The molecule has 0 fully saturated rings. The van der Waals surface area contributed by atoms with Crippen LogP contribution < -0.4 is 4.90 Å². The van der Waals surface area contributed by atoms with E-state index >= 15 is 0 Å². The Labute approximate surface area is 271 Å². The molecule has 0 amide bonds. The molecule has 46 heavy (non-hydrogen) atoms. The highest BCUT2D eigenvalue weighted by Crippen LogP contribution is 2.44. The number of anilines is 3. The molecule has 0 spiro atoms. The molecular weight excluding hydrogens is 577 g/mol. The molecule has 0 radical (unpaired) electrons. The second kappa shape index (κ2) is 11.0. The van der Waals surface area contributed by atoms with Crippen molar-refractivity contribution >= 4 is 70.2 Å². The van der Waals surface area contributed by atoms with Crippen LogP contribution in [-0.4, -0.2) is 4.98 Å². The van der Waals surface area contributed by atoms with Gasteiger partial charge in [0.25, 0.3) is 0 Å². The second-order valence-electron chi connectivity index (χ2n) is 11.7. The van der Waals surface area contributed by atoms with E-state index < -0.39 is 0 Å². The highest BCUT2D eigenvalue weighted by atomic mass is 32.1. The van der Waals surface area contributed by atoms with Crippen molar-refractivity contribution in [3.63, 3.8) is 0 Å². The minimum absolute atomic E-state index is 1.06. The van der Waals surface area contributed by atoms with E-state index in [-0.39, 0.29) is 0 Å². The van der Waals surface area contributed by atoms with Gasteiger partial charge in [-0.3, -0.25) is 4.98 Å². The van der Waals surface area contributed by atoms with Gasteiger partial charge in [-0.05, 0) is 98.4 Å². The molecule has 9 rings (SSSR count). The lowest BCUT2D eigenvalue weighted by molar-refractivity contribution is 1.30. The van der Waals surface area contributed by atoms with E-state index in [0.717, 1.165) is 22.6 Å². The lowest BCUT2D eigenvalue weighted by atomic mass is 10.00. The Morgan fingerprint density at radius 1 is 0.435 bits per heavy atom. The maximum atomic E-state index is 4.74. The molecule has 2 nitrogen and oxygen atoms in total. The summed E-state index contributed by atoms with van der Waals surface area (Å²) in [6, 6.07) is 59.1.